The van der Waals surface area contributed by atoms with E-state index < -0.39 is 22.0 Å². The molecule has 2 N–H and O–H groups in total. The van der Waals surface area contributed by atoms with Gasteiger partial charge in [0.25, 0.3) is 0 Å². The molecule has 39 heavy (non-hydrogen) atoms. The highest BCUT2D eigenvalue weighted by molar-refractivity contribution is 7.89. The van der Waals surface area contributed by atoms with Crippen molar-refractivity contribution < 1.29 is 27.8 Å². The number of ether oxygens (including phenoxy) is 2. The van der Waals surface area contributed by atoms with Crippen molar-refractivity contribution in [1.82, 2.24) is 9.29 Å². The molecule has 202 valence electrons. The van der Waals surface area contributed by atoms with Gasteiger partial charge in [-0.15, -0.1) is 5.92 Å². The summed E-state index contributed by atoms with van der Waals surface area (Å²) < 4.78 is 41.4. The summed E-state index contributed by atoms with van der Waals surface area (Å²) in [5.41, 5.74) is 3.85. The summed E-state index contributed by atoms with van der Waals surface area (Å²) in [6.07, 6.45) is 1.82. The van der Waals surface area contributed by atoms with Gasteiger partial charge in [-0.25, -0.2) is 8.42 Å². The molecule has 0 spiro atoms. The van der Waals surface area contributed by atoms with E-state index in [0.29, 0.717) is 23.6 Å². The first-order valence-electron chi connectivity index (χ1n) is 12.3. The maximum Gasteiger partial charge on any atom is 0.322 e. The lowest BCUT2D eigenvalue weighted by atomic mass is 10.1. The van der Waals surface area contributed by atoms with E-state index in [1.807, 2.05) is 60.2 Å². The molecule has 4 rings (SSSR count). The Bertz CT molecular complexity index is 1650. The van der Waals surface area contributed by atoms with Gasteiger partial charge in [-0.3, -0.25) is 4.79 Å². The van der Waals surface area contributed by atoms with E-state index in [0.717, 1.165) is 22.0 Å². The minimum Gasteiger partial charge on any atom is -0.497 e. The van der Waals surface area contributed by atoms with Gasteiger partial charge in [-0.2, -0.15) is 4.72 Å². The second-order valence-corrected chi connectivity index (χ2v) is 10.7. The number of sulfonamides is 1. The van der Waals surface area contributed by atoms with E-state index in [-0.39, 0.29) is 17.9 Å². The number of carboxylic acid groups (broad SMARTS) is 1. The Kier molecular flexibility index (Phi) is 8.59. The molecule has 0 amide bonds. The molecule has 0 fully saturated rings. The molecule has 1 unspecified atom stereocenters. The van der Waals surface area contributed by atoms with E-state index in [1.54, 1.807) is 14.0 Å². The maximum atomic E-state index is 13.1. The Labute approximate surface area is 228 Å². The fraction of sp³-hybridized carbons (Fsp3) is 0.233. The molecule has 0 aliphatic carbocycles. The second kappa shape index (κ2) is 12.1. The summed E-state index contributed by atoms with van der Waals surface area (Å²) in [6, 6.07) is 18.0. The summed E-state index contributed by atoms with van der Waals surface area (Å²) in [5, 5.41) is 10.8. The Morgan fingerprint density at radius 3 is 2.44 bits per heavy atom. The van der Waals surface area contributed by atoms with E-state index in [9.17, 15) is 18.3 Å². The number of aromatic nitrogens is 1. The number of benzene rings is 3. The molecule has 0 aliphatic rings. The fourth-order valence-electron chi connectivity index (χ4n) is 4.30. The van der Waals surface area contributed by atoms with Crippen LogP contribution in [0.15, 0.2) is 77.8 Å². The summed E-state index contributed by atoms with van der Waals surface area (Å²) in [7, 11) is -2.56. The van der Waals surface area contributed by atoms with Crippen molar-refractivity contribution in [3.05, 3.63) is 89.6 Å². The van der Waals surface area contributed by atoms with Crippen molar-refractivity contribution in [3.8, 4) is 23.3 Å². The molecule has 1 aromatic heterocycles. The number of hydrogen-bond acceptors (Lipinski definition) is 5. The van der Waals surface area contributed by atoms with Crippen molar-refractivity contribution in [2.45, 2.75) is 37.8 Å². The molecule has 0 bridgehead atoms. The van der Waals surface area contributed by atoms with Crippen LogP contribution in [0.4, 0.5) is 0 Å². The number of rotatable bonds is 11. The first-order chi connectivity index (χ1) is 18.7. The van der Waals surface area contributed by atoms with E-state index in [2.05, 4.69) is 16.6 Å². The predicted molar refractivity (Wildman–Crippen MR) is 150 cm³/mol. The van der Waals surface area contributed by atoms with E-state index in [1.165, 1.54) is 24.3 Å². The van der Waals surface area contributed by atoms with Crippen molar-refractivity contribution in [2.75, 3.05) is 13.7 Å². The number of fused-ring (bicyclic) bond motifs is 1. The number of nitrogens with one attached hydrogen (secondary N) is 1. The van der Waals surface area contributed by atoms with Crippen LogP contribution in [0.25, 0.3) is 10.9 Å². The monoisotopic (exact) mass is 546 g/mol. The van der Waals surface area contributed by atoms with Crippen LogP contribution in [0.2, 0.25) is 0 Å². The van der Waals surface area contributed by atoms with Crippen LogP contribution >= 0.6 is 0 Å². The van der Waals surface area contributed by atoms with Gasteiger partial charge in [0.2, 0.25) is 10.0 Å². The van der Waals surface area contributed by atoms with E-state index >= 15 is 0 Å². The third-order valence-electron chi connectivity index (χ3n) is 6.41. The van der Waals surface area contributed by atoms with E-state index in [4.69, 9.17) is 9.47 Å². The van der Waals surface area contributed by atoms with Crippen molar-refractivity contribution >= 4 is 26.9 Å². The summed E-state index contributed by atoms with van der Waals surface area (Å²) in [6.45, 7) is 4.50. The highest BCUT2D eigenvalue weighted by atomic mass is 32.2. The molecule has 0 saturated heterocycles. The number of aryl methyl sites for hydroxylation is 1. The van der Waals surface area contributed by atoms with Crippen LogP contribution in [0.5, 0.6) is 11.5 Å². The lowest BCUT2D eigenvalue weighted by Crippen LogP contribution is -2.42. The third-order valence-corrected chi connectivity index (χ3v) is 7.90. The van der Waals surface area contributed by atoms with Gasteiger partial charge in [-0.1, -0.05) is 30.2 Å². The molecule has 9 heteroatoms. The Morgan fingerprint density at radius 2 is 1.77 bits per heavy atom. The minimum atomic E-state index is -4.13. The number of aliphatic carboxylic acids is 1. The molecule has 0 saturated carbocycles. The van der Waals surface area contributed by atoms with Crippen molar-refractivity contribution in [2.24, 2.45) is 0 Å². The molecule has 8 nitrogen and oxygen atoms in total. The molecular weight excluding hydrogens is 516 g/mol. The normalized spacial score (nSPS) is 12.0. The molecule has 4 aromatic rings. The first-order valence-corrected chi connectivity index (χ1v) is 13.8. The van der Waals surface area contributed by atoms with Gasteiger partial charge < -0.3 is 19.1 Å². The van der Waals surface area contributed by atoms with Crippen LogP contribution < -0.4 is 14.2 Å². The smallest absolute Gasteiger partial charge is 0.322 e. The quantitative estimate of drug-likeness (QED) is 0.271. The van der Waals surface area contributed by atoms with Crippen molar-refractivity contribution in [3.63, 3.8) is 0 Å². The van der Waals surface area contributed by atoms with Gasteiger partial charge >= 0.3 is 5.97 Å². The maximum absolute atomic E-state index is 13.1. The topological polar surface area (TPSA) is 107 Å². The largest absolute Gasteiger partial charge is 0.497 e. The average molecular weight is 547 g/mol. The summed E-state index contributed by atoms with van der Waals surface area (Å²) in [4.78, 5) is 12.2. The fourth-order valence-corrected chi connectivity index (χ4v) is 5.49. The number of nitrogens with zero attached hydrogens (tertiary/aromatic N) is 1. The number of methoxy groups -OCH3 is 1. The minimum absolute atomic E-state index is 0.0596. The highest BCUT2D eigenvalue weighted by Crippen LogP contribution is 2.28. The Morgan fingerprint density at radius 1 is 1.05 bits per heavy atom. The van der Waals surface area contributed by atoms with Gasteiger partial charge in [0.05, 0.1) is 12.0 Å². The Hall–Kier alpha value is -4.26. The number of hydrogen-bond donors (Lipinski definition) is 2. The molecule has 3 aromatic carbocycles. The summed E-state index contributed by atoms with van der Waals surface area (Å²) in [5.74, 6) is 5.28. The molecular formula is C30H30N2O6S. The number of carboxylic acids is 1. The van der Waals surface area contributed by atoms with Crippen LogP contribution in [0, 0.1) is 18.8 Å². The van der Waals surface area contributed by atoms with Crippen LogP contribution in [0.1, 0.15) is 23.6 Å². The SMILES string of the molecule is CC#CCOc1ccc(S(=O)(=O)NC(Cc2cn(Cc3ccccc3C)c3ccc(OC)cc23)C(=O)O)cc1. The van der Waals surface area contributed by atoms with Crippen LogP contribution in [-0.4, -0.2) is 43.8 Å². The van der Waals surface area contributed by atoms with Crippen molar-refractivity contribution in [1.29, 1.82) is 0 Å². The van der Waals surface area contributed by atoms with Gasteiger partial charge in [0.1, 0.15) is 24.1 Å². The van der Waals surface area contributed by atoms with Gasteiger partial charge in [0, 0.05) is 30.1 Å². The van der Waals surface area contributed by atoms with Crippen LogP contribution in [0.3, 0.4) is 0 Å². The zero-order valence-electron chi connectivity index (χ0n) is 22.0. The highest BCUT2D eigenvalue weighted by Gasteiger charge is 2.27. The Balaban J connectivity index is 1.62. The number of carbonyl (C=O) groups is 1. The van der Waals surface area contributed by atoms with Gasteiger partial charge in [-0.05, 0) is 73.0 Å². The van der Waals surface area contributed by atoms with Crippen LogP contribution in [-0.2, 0) is 27.8 Å². The zero-order valence-corrected chi connectivity index (χ0v) is 22.8. The lowest BCUT2D eigenvalue weighted by Gasteiger charge is -2.15. The summed E-state index contributed by atoms with van der Waals surface area (Å²) >= 11 is 0. The first kappa shape index (κ1) is 27.8. The lowest BCUT2D eigenvalue weighted by molar-refractivity contribution is -0.138. The predicted octanol–water partition coefficient (Wildman–Crippen LogP) is 4.38. The molecule has 1 heterocycles. The second-order valence-electron chi connectivity index (χ2n) is 8.99. The average Bonchev–Trinajstić information content (AvgIpc) is 3.26. The molecule has 1 atom stereocenters. The molecule has 0 aliphatic heterocycles. The van der Waals surface area contributed by atoms with Gasteiger partial charge in [0.15, 0.2) is 0 Å². The standard InChI is InChI=1S/C30H30N2O6S/c1-4-5-16-38-24-10-13-26(14-11-24)39(35,36)31-28(30(33)34)17-23-20-32(19-22-9-7-6-8-21(22)2)29-15-12-25(37-3)18-27(23)29/h6-15,18,20,28,31H,16-17,19H2,1-3H3,(H,33,34). The third kappa shape index (κ3) is 6.60. The molecule has 0 radical (unpaired) electrons. The zero-order chi connectivity index (χ0) is 28.0.